The zero-order valence-electron chi connectivity index (χ0n) is 11.3. The molecule has 0 unspecified atom stereocenters. The highest BCUT2D eigenvalue weighted by molar-refractivity contribution is 5.81. The van der Waals surface area contributed by atoms with Crippen LogP contribution in [-0.2, 0) is 22.6 Å². The Kier molecular flexibility index (Phi) is 3.52. The number of hydrogen-bond acceptors (Lipinski definition) is 4. The normalized spacial score (nSPS) is 22.1. The van der Waals surface area contributed by atoms with Crippen LogP contribution >= 0.6 is 0 Å². The molecule has 0 radical (unpaired) electrons. The van der Waals surface area contributed by atoms with Crippen molar-refractivity contribution in [2.24, 2.45) is 0 Å². The number of nitrogens with zero attached hydrogens (tertiary/aromatic N) is 4. The quantitative estimate of drug-likeness (QED) is 0.751. The minimum absolute atomic E-state index is 0.0800. The fourth-order valence-corrected chi connectivity index (χ4v) is 2.73. The summed E-state index contributed by atoms with van der Waals surface area (Å²) in [6.07, 6.45) is 3.83. The number of morpholine rings is 1. The van der Waals surface area contributed by atoms with E-state index in [9.17, 15) is 4.79 Å². The largest absolute Gasteiger partial charge is 0.378 e. The Morgan fingerprint density at radius 2 is 2.11 bits per heavy atom. The first-order chi connectivity index (χ1) is 9.25. The van der Waals surface area contributed by atoms with Crippen LogP contribution in [0.5, 0.6) is 0 Å². The Morgan fingerprint density at radius 1 is 1.32 bits per heavy atom. The van der Waals surface area contributed by atoms with Gasteiger partial charge in [-0.05, 0) is 6.92 Å². The van der Waals surface area contributed by atoms with Crippen LogP contribution in [0.15, 0.2) is 12.4 Å². The molecule has 3 rings (SSSR count). The molecule has 6 heteroatoms. The fourth-order valence-electron chi connectivity index (χ4n) is 2.73. The second kappa shape index (κ2) is 5.30. The zero-order chi connectivity index (χ0) is 13.2. The van der Waals surface area contributed by atoms with Crippen molar-refractivity contribution >= 4 is 5.91 Å². The Bertz CT molecular complexity index is 453. The Hall–Kier alpha value is -1.40. The number of ether oxygens (including phenoxy) is 1. The molecule has 1 aromatic heterocycles. The smallest absolute Gasteiger partial charge is 0.239 e. The summed E-state index contributed by atoms with van der Waals surface area (Å²) in [6, 6.07) is -0.0800. The van der Waals surface area contributed by atoms with Gasteiger partial charge in [-0.1, -0.05) is 0 Å². The highest BCUT2D eigenvalue weighted by Gasteiger charge is 2.29. The first-order valence-electron chi connectivity index (χ1n) is 6.86. The van der Waals surface area contributed by atoms with Crippen molar-refractivity contribution in [1.82, 2.24) is 19.4 Å². The second-order valence-electron chi connectivity index (χ2n) is 5.12. The number of hydrogen-bond donors (Lipinski definition) is 0. The van der Waals surface area contributed by atoms with Gasteiger partial charge in [-0.2, -0.15) is 0 Å². The van der Waals surface area contributed by atoms with E-state index in [0.717, 1.165) is 25.5 Å². The van der Waals surface area contributed by atoms with Crippen LogP contribution in [0.1, 0.15) is 12.7 Å². The molecule has 19 heavy (non-hydrogen) atoms. The molecule has 1 atom stereocenters. The Morgan fingerprint density at radius 3 is 2.89 bits per heavy atom. The number of fused-ring (bicyclic) bond motifs is 1. The summed E-state index contributed by atoms with van der Waals surface area (Å²) in [5, 5.41) is 0. The average Bonchev–Trinajstić information content (AvgIpc) is 2.94. The number of amides is 1. The molecule has 0 spiro atoms. The second-order valence-corrected chi connectivity index (χ2v) is 5.12. The average molecular weight is 264 g/mol. The predicted octanol–water partition coefficient (Wildman–Crippen LogP) is -0.0540. The highest BCUT2D eigenvalue weighted by atomic mass is 16.5. The molecule has 2 aliphatic rings. The van der Waals surface area contributed by atoms with Gasteiger partial charge in [-0.15, -0.1) is 0 Å². The third-order valence-corrected chi connectivity index (χ3v) is 4.00. The zero-order valence-corrected chi connectivity index (χ0v) is 11.3. The van der Waals surface area contributed by atoms with Crippen LogP contribution in [0, 0.1) is 0 Å². The molecule has 1 amide bonds. The lowest BCUT2D eigenvalue weighted by Crippen LogP contribution is -2.52. The summed E-state index contributed by atoms with van der Waals surface area (Å²) in [7, 11) is 0. The van der Waals surface area contributed by atoms with Crippen LogP contribution in [-0.4, -0.2) is 64.1 Å². The SMILES string of the molecule is C[C@H](C(=O)N1CCOCC1)N1CCn2ccnc2C1. The van der Waals surface area contributed by atoms with Gasteiger partial charge in [0.15, 0.2) is 0 Å². The molecule has 104 valence electrons. The van der Waals surface area contributed by atoms with E-state index in [4.69, 9.17) is 4.74 Å². The fraction of sp³-hybridized carbons (Fsp3) is 0.692. The Labute approximate surface area is 113 Å². The van der Waals surface area contributed by atoms with E-state index in [-0.39, 0.29) is 11.9 Å². The molecule has 6 nitrogen and oxygen atoms in total. The molecule has 2 aliphatic heterocycles. The molecule has 0 saturated carbocycles. The number of carbonyl (C=O) groups is 1. The minimum atomic E-state index is -0.0800. The third-order valence-electron chi connectivity index (χ3n) is 4.00. The van der Waals surface area contributed by atoms with Crippen LogP contribution in [0.25, 0.3) is 0 Å². The van der Waals surface area contributed by atoms with Crippen LogP contribution in [0.4, 0.5) is 0 Å². The van der Waals surface area contributed by atoms with Crippen LogP contribution in [0.2, 0.25) is 0 Å². The van der Waals surface area contributed by atoms with E-state index < -0.39 is 0 Å². The van der Waals surface area contributed by atoms with Gasteiger partial charge < -0.3 is 14.2 Å². The molecular formula is C13H20N4O2. The summed E-state index contributed by atoms with van der Waals surface area (Å²) < 4.78 is 7.45. The van der Waals surface area contributed by atoms with Gasteiger partial charge in [0.2, 0.25) is 5.91 Å². The van der Waals surface area contributed by atoms with E-state index in [1.807, 2.05) is 24.2 Å². The van der Waals surface area contributed by atoms with Crippen molar-refractivity contribution in [2.75, 3.05) is 32.8 Å². The minimum Gasteiger partial charge on any atom is -0.378 e. The van der Waals surface area contributed by atoms with Gasteiger partial charge in [-0.3, -0.25) is 9.69 Å². The number of rotatable bonds is 2. The molecule has 0 aromatic carbocycles. The van der Waals surface area contributed by atoms with E-state index in [1.54, 1.807) is 0 Å². The molecule has 0 aliphatic carbocycles. The van der Waals surface area contributed by atoms with E-state index in [2.05, 4.69) is 14.5 Å². The predicted molar refractivity (Wildman–Crippen MR) is 69.5 cm³/mol. The summed E-state index contributed by atoms with van der Waals surface area (Å²) in [6.45, 7) is 7.31. The van der Waals surface area contributed by atoms with Crippen molar-refractivity contribution < 1.29 is 9.53 Å². The van der Waals surface area contributed by atoms with Gasteiger partial charge in [-0.25, -0.2) is 4.98 Å². The van der Waals surface area contributed by atoms with Crippen LogP contribution in [0.3, 0.4) is 0 Å². The lowest BCUT2D eigenvalue weighted by atomic mass is 10.2. The first kappa shape index (κ1) is 12.6. The third kappa shape index (κ3) is 2.50. The lowest BCUT2D eigenvalue weighted by molar-refractivity contribution is -0.141. The van der Waals surface area contributed by atoms with Crippen molar-refractivity contribution in [3.05, 3.63) is 18.2 Å². The van der Waals surface area contributed by atoms with E-state index in [1.165, 1.54) is 0 Å². The van der Waals surface area contributed by atoms with Gasteiger partial charge in [0, 0.05) is 38.6 Å². The monoisotopic (exact) mass is 264 g/mol. The molecule has 1 aromatic rings. The van der Waals surface area contributed by atoms with Crippen molar-refractivity contribution in [2.45, 2.75) is 26.1 Å². The number of aromatic nitrogens is 2. The van der Waals surface area contributed by atoms with E-state index in [0.29, 0.717) is 26.3 Å². The summed E-state index contributed by atoms with van der Waals surface area (Å²) >= 11 is 0. The van der Waals surface area contributed by atoms with Crippen molar-refractivity contribution in [1.29, 1.82) is 0 Å². The Balaban J connectivity index is 1.64. The maximum atomic E-state index is 12.4. The van der Waals surface area contributed by atoms with Crippen molar-refractivity contribution in [3.63, 3.8) is 0 Å². The van der Waals surface area contributed by atoms with Gasteiger partial charge in [0.1, 0.15) is 5.82 Å². The number of imidazole rings is 1. The van der Waals surface area contributed by atoms with Gasteiger partial charge >= 0.3 is 0 Å². The number of carbonyl (C=O) groups excluding carboxylic acids is 1. The molecular weight excluding hydrogens is 244 g/mol. The summed E-state index contributed by atoms with van der Waals surface area (Å²) in [4.78, 5) is 20.9. The molecule has 1 saturated heterocycles. The topological polar surface area (TPSA) is 50.6 Å². The van der Waals surface area contributed by atoms with Gasteiger partial charge in [0.25, 0.3) is 0 Å². The highest BCUT2D eigenvalue weighted by Crippen LogP contribution is 2.15. The van der Waals surface area contributed by atoms with Gasteiger partial charge in [0.05, 0.1) is 25.8 Å². The summed E-state index contributed by atoms with van der Waals surface area (Å²) in [5.74, 6) is 1.26. The van der Waals surface area contributed by atoms with E-state index >= 15 is 0 Å². The maximum Gasteiger partial charge on any atom is 0.239 e. The summed E-state index contributed by atoms with van der Waals surface area (Å²) in [5.41, 5.74) is 0. The molecule has 0 bridgehead atoms. The molecule has 1 fully saturated rings. The molecule has 0 N–H and O–H groups in total. The van der Waals surface area contributed by atoms with Crippen LogP contribution < -0.4 is 0 Å². The standard InChI is InChI=1S/C13H20N4O2/c1-11(13(18)16-6-8-19-9-7-16)17-5-4-15-3-2-14-12(15)10-17/h2-3,11H,4-10H2,1H3/t11-/m1/s1. The maximum absolute atomic E-state index is 12.4. The molecule has 3 heterocycles. The first-order valence-corrected chi connectivity index (χ1v) is 6.86. The van der Waals surface area contributed by atoms with Crippen molar-refractivity contribution in [3.8, 4) is 0 Å². The lowest BCUT2D eigenvalue weighted by Gasteiger charge is -2.36.